The highest BCUT2D eigenvalue weighted by Gasteiger charge is 2.10. The van der Waals surface area contributed by atoms with Gasteiger partial charge in [-0.25, -0.2) is 10.2 Å². The molecule has 3 rings (SSSR count). The van der Waals surface area contributed by atoms with Gasteiger partial charge in [-0.2, -0.15) is 0 Å². The van der Waals surface area contributed by atoms with Crippen molar-refractivity contribution in [3.05, 3.63) is 64.8 Å². The van der Waals surface area contributed by atoms with E-state index in [0.29, 0.717) is 4.80 Å². The lowest BCUT2D eigenvalue weighted by atomic mass is 10.1. The number of nitrogens with two attached hydrogens (primary N) is 1. The van der Waals surface area contributed by atoms with E-state index in [9.17, 15) is 4.79 Å². The predicted octanol–water partition coefficient (Wildman–Crippen LogP) is 2.70. The van der Waals surface area contributed by atoms with Gasteiger partial charge in [-0.15, -0.1) is 16.4 Å². The summed E-state index contributed by atoms with van der Waals surface area (Å²) in [4.78, 5) is 11.6. The molecule has 0 spiro atoms. The number of hydrogen-bond acceptors (Lipinski definition) is 4. The first-order chi connectivity index (χ1) is 11.7. The molecule has 0 saturated heterocycles. The topological polar surface area (TPSA) is 81.6 Å². The molecule has 3 aromatic rings. The number of para-hydroxylation sites is 1. The van der Waals surface area contributed by atoms with Crippen molar-refractivity contribution in [2.75, 3.05) is 7.11 Å². The number of nitrogens with one attached hydrogen (secondary N) is 1. The van der Waals surface area contributed by atoms with Crippen molar-refractivity contribution in [2.24, 2.45) is 10.8 Å². The number of primary amides is 1. The van der Waals surface area contributed by atoms with E-state index >= 15 is 0 Å². The van der Waals surface area contributed by atoms with Crippen LogP contribution in [0.4, 0.5) is 4.79 Å². The molecule has 6 nitrogen and oxygen atoms in total. The molecular formula is C17H16N4O2S. The third-order valence-corrected chi connectivity index (χ3v) is 4.20. The molecule has 3 N–H and O–H groups in total. The van der Waals surface area contributed by atoms with Gasteiger partial charge in [0.05, 0.1) is 12.8 Å². The number of ether oxygens (including phenoxy) is 1. The standard InChI is InChI=1S/C17H16N4O2S/c1-23-14-9-7-12(8-10-14)15-11-24-17(20-19-16(18)22)21(15)13-5-3-2-4-6-13/h2-11H,1H3,(H3,18,19,22). The van der Waals surface area contributed by atoms with E-state index in [1.165, 1.54) is 11.3 Å². The molecule has 0 aliphatic heterocycles. The van der Waals surface area contributed by atoms with Crippen LogP contribution in [0.25, 0.3) is 16.9 Å². The summed E-state index contributed by atoms with van der Waals surface area (Å²) in [5.74, 6) is 0.792. The zero-order valence-electron chi connectivity index (χ0n) is 13.0. The van der Waals surface area contributed by atoms with Crippen LogP contribution < -0.4 is 20.7 Å². The monoisotopic (exact) mass is 340 g/mol. The second-order valence-corrected chi connectivity index (χ2v) is 5.73. The average Bonchev–Trinajstić information content (AvgIpc) is 3.04. The van der Waals surface area contributed by atoms with Gasteiger partial charge in [-0.3, -0.25) is 4.57 Å². The lowest BCUT2D eigenvalue weighted by Gasteiger charge is -2.09. The minimum absolute atomic E-state index is 0.616. The maximum Gasteiger partial charge on any atom is 0.332 e. The summed E-state index contributed by atoms with van der Waals surface area (Å²) >= 11 is 1.41. The van der Waals surface area contributed by atoms with Crippen molar-refractivity contribution in [2.45, 2.75) is 0 Å². The summed E-state index contributed by atoms with van der Waals surface area (Å²) in [6.07, 6.45) is 0. The smallest absolute Gasteiger partial charge is 0.332 e. The van der Waals surface area contributed by atoms with Crippen LogP contribution in [0.15, 0.2) is 65.1 Å². The minimum Gasteiger partial charge on any atom is -0.497 e. The number of methoxy groups -OCH3 is 1. The Labute approximate surface area is 142 Å². The molecule has 0 saturated carbocycles. The van der Waals surface area contributed by atoms with Gasteiger partial charge < -0.3 is 10.5 Å². The Morgan fingerprint density at radius 3 is 2.50 bits per heavy atom. The predicted molar refractivity (Wildman–Crippen MR) is 93.9 cm³/mol. The van der Waals surface area contributed by atoms with Gasteiger partial charge in [-0.1, -0.05) is 18.2 Å². The lowest BCUT2D eigenvalue weighted by Crippen LogP contribution is -2.28. The number of carbonyl (C=O) groups is 1. The van der Waals surface area contributed by atoms with Gasteiger partial charge in [0.25, 0.3) is 0 Å². The maximum absolute atomic E-state index is 11.0. The number of rotatable bonds is 4. The summed E-state index contributed by atoms with van der Waals surface area (Å²) in [6.45, 7) is 0. The SMILES string of the molecule is COc1ccc(-c2csc(=NNC(N)=O)n2-c2ccccc2)cc1. The lowest BCUT2D eigenvalue weighted by molar-refractivity contribution is 0.249. The third kappa shape index (κ3) is 3.31. The molecule has 0 aliphatic carbocycles. The fourth-order valence-electron chi connectivity index (χ4n) is 2.28. The van der Waals surface area contributed by atoms with Gasteiger partial charge in [0.2, 0.25) is 4.80 Å². The number of hydrogen-bond donors (Lipinski definition) is 2. The van der Waals surface area contributed by atoms with E-state index in [4.69, 9.17) is 10.5 Å². The number of amides is 2. The molecule has 0 bridgehead atoms. The number of benzene rings is 2. The fourth-order valence-corrected chi connectivity index (χ4v) is 3.15. The summed E-state index contributed by atoms with van der Waals surface area (Å²) in [6, 6.07) is 16.9. The van der Waals surface area contributed by atoms with Crippen LogP contribution in [-0.4, -0.2) is 17.7 Å². The number of nitrogens with zero attached hydrogens (tertiary/aromatic N) is 2. The van der Waals surface area contributed by atoms with Crippen LogP contribution in [0, 0.1) is 0 Å². The molecule has 122 valence electrons. The highest BCUT2D eigenvalue weighted by atomic mass is 32.1. The Hall–Kier alpha value is -3.06. The normalized spacial score (nSPS) is 11.3. The molecule has 7 heteroatoms. The second kappa shape index (κ2) is 7.01. The van der Waals surface area contributed by atoms with Crippen LogP contribution in [0.1, 0.15) is 0 Å². The largest absolute Gasteiger partial charge is 0.497 e. The van der Waals surface area contributed by atoms with Gasteiger partial charge in [0.1, 0.15) is 5.75 Å². The van der Waals surface area contributed by atoms with E-state index in [1.807, 2.05) is 64.5 Å². The van der Waals surface area contributed by atoms with E-state index in [0.717, 1.165) is 22.7 Å². The average molecular weight is 340 g/mol. The Bertz CT molecular complexity index is 898. The van der Waals surface area contributed by atoms with Crippen LogP contribution in [0.2, 0.25) is 0 Å². The highest BCUT2D eigenvalue weighted by molar-refractivity contribution is 7.07. The van der Waals surface area contributed by atoms with Crippen molar-refractivity contribution >= 4 is 17.4 Å². The number of thiazole rings is 1. The van der Waals surface area contributed by atoms with Gasteiger partial charge in [0.15, 0.2) is 0 Å². The van der Waals surface area contributed by atoms with Crippen molar-refractivity contribution in [1.82, 2.24) is 9.99 Å². The van der Waals surface area contributed by atoms with Gasteiger partial charge in [-0.05, 0) is 42.0 Å². The maximum atomic E-state index is 11.0. The first kappa shape index (κ1) is 15.8. The van der Waals surface area contributed by atoms with Gasteiger partial charge >= 0.3 is 6.03 Å². The van der Waals surface area contributed by atoms with E-state index in [2.05, 4.69) is 10.5 Å². The van der Waals surface area contributed by atoms with Crippen LogP contribution >= 0.6 is 11.3 Å². The Kier molecular flexibility index (Phi) is 4.62. The van der Waals surface area contributed by atoms with E-state index in [-0.39, 0.29) is 0 Å². The van der Waals surface area contributed by atoms with E-state index in [1.54, 1.807) is 7.11 Å². The highest BCUT2D eigenvalue weighted by Crippen LogP contribution is 2.25. The molecular weight excluding hydrogens is 324 g/mol. The van der Waals surface area contributed by atoms with Gasteiger partial charge in [0, 0.05) is 11.1 Å². The molecule has 0 atom stereocenters. The minimum atomic E-state index is -0.700. The second-order valence-electron chi connectivity index (χ2n) is 4.89. The van der Waals surface area contributed by atoms with E-state index < -0.39 is 6.03 Å². The first-order valence-electron chi connectivity index (χ1n) is 7.18. The molecule has 0 unspecified atom stereocenters. The zero-order valence-corrected chi connectivity index (χ0v) is 13.8. The quantitative estimate of drug-likeness (QED) is 0.716. The van der Waals surface area contributed by atoms with Crippen molar-refractivity contribution in [1.29, 1.82) is 0 Å². The molecule has 2 amide bonds. The zero-order chi connectivity index (χ0) is 16.9. The summed E-state index contributed by atoms with van der Waals surface area (Å²) in [7, 11) is 1.64. The first-order valence-corrected chi connectivity index (χ1v) is 8.06. The Morgan fingerprint density at radius 2 is 1.88 bits per heavy atom. The molecule has 24 heavy (non-hydrogen) atoms. The van der Waals surface area contributed by atoms with Crippen molar-refractivity contribution < 1.29 is 9.53 Å². The van der Waals surface area contributed by atoms with Crippen LogP contribution in [-0.2, 0) is 0 Å². The fraction of sp³-hybridized carbons (Fsp3) is 0.0588. The van der Waals surface area contributed by atoms with Crippen molar-refractivity contribution in [3.8, 4) is 22.7 Å². The Morgan fingerprint density at radius 1 is 1.17 bits per heavy atom. The molecule has 2 aromatic carbocycles. The number of carbonyl (C=O) groups excluding carboxylic acids is 1. The summed E-state index contributed by atoms with van der Waals surface area (Å²) in [5.41, 5.74) is 10.3. The summed E-state index contributed by atoms with van der Waals surface area (Å²) < 4.78 is 7.17. The number of aromatic nitrogens is 1. The van der Waals surface area contributed by atoms with Crippen LogP contribution in [0.3, 0.4) is 0 Å². The molecule has 0 radical (unpaired) electrons. The molecule has 1 heterocycles. The van der Waals surface area contributed by atoms with Crippen molar-refractivity contribution in [3.63, 3.8) is 0 Å². The Balaban J connectivity index is 2.15. The molecule has 1 aromatic heterocycles. The number of urea groups is 1. The van der Waals surface area contributed by atoms with Crippen LogP contribution in [0.5, 0.6) is 5.75 Å². The third-order valence-electron chi connectivity index (χ3n) is 3.37. The molecule has 0 aliphatic rings. The molecule has 0 fully saturated rings. The summed E-state index contributed by atoms with van der Waals surface area (Å²) in [5, 5.41) is 6.08.